The standard InChI is InChI=1S/C10H13NO3S/c1-2-7-15(13,14)11-10-6-4-3-5-9(10)8-12/h3-6,8,11H,2,7H2,1H3. The zero-order chi connectivity index (χ0) is 11.3. The van der Waals surface area contributed by atoms with E-state index < -0.39 is 10.0 Å². The van der Waals surface area contributed by atoms with E-state index in [9.17, 15) is 13.2 Å². The number of rotatable bonds is 5. The highest BCUT2D eigenvalue weighted by atomic mass is 32.2. The molecule has 0 heterocycles. The van der Waals surface area contributed by atoms with E-state index in [1.54, 1.807) is 31.2 Å². The van der Waals surface area contributed by atoms with Gasteiger partial charge >= 0.3 is 0 Å². The summed E-state index contributed by atoms with van der Waals surface area (Å²) in [5.74, 6) is 0.0557. The SMILES string of the molecule is CCCS(=O)(=O)Nc1ccccc1C=O. The minimum Gasteiger partial charge on any atom is -0.298 e. The third kappa shape index (κ3) is 3.36. The van der Waals surface area contributed by atoms with Crippen LogP contribution in [-0.4, -0.2) is 20.5 Å². The Kier molecular flexibility index (Phi) is 3.85. The largest absolute Gasteiger partial charge is 0.298 e. The van der Waals surface area contributed by atoms with Crippen LogP contribution in [0.4, 0.5) is 5.69 Å². The fourth-order valence-corrected chi connectivity index (χ4v) is 2.34. The van der Waals surface area contributed by atoms with Crippen LogP contribution in [0.2, 0.25) is 0 Å². The predicted molar refractivity (Wildman–Crippen MR) is 59.5 cm³/mol. The van der Waals surface area contributed by atoms with Gasteiger partial charge in [-0.2, -0.15) is 0 Å². The van der Waals surface area contributed by atoms with Gasteiger partial charge in [0.1, 0.15) is 0 Å². The van der Waals surface area contributed by atoms with E-state index in [-0.39, 0.29) is 5.75 Å². The fourth-order valence-electron chi connectivity index (χ4n) is 1.18. The average Bonchev–Trinajstić information content (AvgIpc) is 2.17. The van der Waals surface area contributed by atoms with Gasteiger partial charge in [0.25, 0.3) is 0 Å². The zero-order valence-corrected chi connectivity index (χ0v) is 9.25. The number of aldehydes is 1. The molecule has 1 aromatic rings. The summed E-state index contributed by atoms with van der Waals surface area (Å²) in [6.45, 7) is 1.78. The summed E-state index contributed by atoms with van der Waals surface area (Å²) in [7, 11) is -3.33. The van der Waals surface area contributed by atoms with Gasteiger partial charge in [0.15, 0.2) is 6.29 Å². The van der Waals surface area contributed by atoms with Crippen LogP contribution < -0.4 is 4.72 Å². The molecule has 0 fully saturated rings. The van der Waals surface area contributed by atoms with Crippen molar-refractivity contribution in [3.8, 4) is 0 Å². The second-order valence-corrected chi connectivity index (χ2v) is 4.97. The van der Waals surface area contributed by atoms with Crippen LogP contribution in [0.3, 0.4) is 0 Å². The summed E-state index contributed by atoms with van der Waals surface area (Å²) in [4.78, 5) is 10.6. The van der Waals surface area contributed by atoms with E-state index in [2.05, 4.69) is 4.72 Å². The number of benzene rings is 1. The van der Waals surface area contributed by atoms with Gasteiger partial charge in [-0.05, 0) is 18.6 Å². The van der Waals surface area contributed by atoms with E-state index >= 15 is 0 Å². The molecule has 0 atom stereocenters. The first-order valence-corrected chi connectivity index (χ1v) is 6.29. The predicted octanol–water partition coefficient (Wildman–Crippen LogP) is 1.65. The number of carbonyl (C=O) groups is 1. The molecule has 0 spiro atoms. The maximum Gasteiger partial charge on any atom is 0.232 e. The van der Waals surface area contributed by atoms with Crippen LogP contribution in [0, 0.1) is 0 Å². The van der Waals surface area contributed by atoms with Gasteiger partial charge in [0.05, 0.1) is 11.4 Å². The van der Waals surface area contributed by atoms with Gasteiger partial charge < -0.3 is 0 Å². The number of nitrogens with one attached hydrogen (secondary N) is 1. The molecule has 1 rings (SSSR count). The van der Waals surface area contributed by atoms with Crippen molar-refractivity contribution in [2.75, 3.05) is 10.5 Å². The zero-order valence-electron chi connectivity index (χ0n) is 8.43. The summed E-state index contributed by atoms with van der Waals surface area (Å²) >= 11 is 0. The molecule has 0 bridgehead atoms. The lowest BCUT2D eigenvalue weighted by Gasteiger charge is -2.08. The van der Waals surface area contributed by atoms with Crippen LogP contribution in [-0.2, 0) is 10.0 Å². The number of hydrogen-bond donors (Lipinski definition) is 1. The molecule has 0 aliphatic heterocycles. The maximum absolute atomic E-state index is 11.4. The van der Waals surface area contributed by atoms with Crippen molar-refractivity contribution in [1.82, 2.24) is 0 Å². The van der Waals surface area contributed by atoms with E-state index in [4.69, 9.17) is 0 Å². The van der Waals surface area contributed by atoms with E-state index in [0.717, 1.165) is 0 Å². The van der Waals surface area contributed by atoms with Crippen molar-refractivity contribution in [3.63, 3.8) is 0 Å². The van der Waals surface area contributed by atoms with Gasteiger partial charge in [-0.15, -0.1) is 0 Å². The third-order valence-corrected chi connectivity index (χ3v) is 3.30. The van der Waals surface area contributed by atoms with Gasteiger partial charge in [0, 0.05) is 5.56 Å². The van der Waals surface area contributed by atoms with Crippen LogP contribution >= 0.6 is 0 Å². The summed E-state index contributed by atoms with van der Waals surface area (Å²) in [5.41, 5.74) is 0.679. The van der Waals surface area contributed by atoms with Gasteiger partial charge in [-0.1, -0.05) is 19.1 Å². The minimum atomic E-state index is -3.33. The van der Waals surface area contributed by atoms with Crippen LogP contribution in [0.1, 0.15) is 23.7 Å². The fraction of sp³-hybridized carbons (Fsp3) is 0.300. The number of para-hydroxylation sites is 1. The van der Waals surface area contributed by atoms with Crippen LogP contribution in [0.15, 0.2) is 24.3 Å². The van der Waals surface area contributed by atoms with Crippen LogP contribution in [0.25, 0.3) is 0 Å². The van der Waals surface area contributed by atoms with E-state index in [1.165, 1.54) is 0 Å². The number of anilines is 1. The lowest BCUT2D eigenvalue weighted by atomic mass is 10.2. The summed E-state index contributed by atoms with van der Waals surface area (Å²) in [6, 6.07) is 6.49. The molecule has 0 unspecified atom stereocenters. The van der Waals surface area contributed by atoms with Gasteiger partial charge in [-0.3, -0.25) is 9.52 Å². The first kappa shape index (κ1) is 11.7. The highest BCUT2D eigenvalue weighted by Gasteiger charge is 2.10. The average molecular weight is 227 g/mol. The molecular formula is C10H13NO3S. The van der Waals surface area contributed by atoms with E-state index in [0.29, 0.717) is 24.0 Å². The molecule has 0 aliphatic carbocycles. The van der Waals surface area contributed by atoms with Gasteiger partial charge in [0.2, 0.25) is 10.0 Å². The number of sulfonamides is 1. The number of hydrogen-bond acceptors (Lipinski definition) is 3. The Morgan fingerprint density at radius 2 is 2.00 bits per heavy atom. The quantitative estimate of drug-likeness (QED) is 0.778. The first-order chi connectivity index (χ1) is 7.09. The Labute approximate surface area is 89.4 Å². The Balaban J connectivity index is 2.94. The smallest absolute Gasteiger partial charge is 0.232 e. The molecule has 82 valence electrons. The monoisotopic (exact) mass is 227 g/mol. The third-order valence-electron chi connectivity index (χ3n) is 1.83. The molecule has 5 heteroatoms. The van der Waals surface area contributed by atoms with E-state index in [1.807, 2.05) is 0 Å². The summed E-state index contributed by atoms with van der Waals surface area (Å²) in [5, 5.41) is 0. The lowest BCUT2D eigenvalue weighted by Crippen LogP contribution is -2.17. The second kappa shape index (κ2) is 4.93. The Hall–Kier alpha value is -1.36. The van der Waals surface area contributed by atoms with Crippen molar-refractivity contribution in [2.24, 2.45) is 0 Å². The molecule has 1 aromatic carbocycles. The molecular weight excluding hydrogens is 214 g/mol. The van der Waals surface area contributed by atoms with Crippen LogP contribution in [0.5, 0.6) is 0 Å². The second-order valence-electron chi connectivity index (χ2n) is 3.13. The molecule has 1 N–H and O–H groups in total. The van der Waals surface area contributed by atoms with Crippen molar-refractivity contribution in [3.05, 3.63) is 29.8 Å². The summed E-state index contributed by atoms with van der Waals surface area (Å²) in [6.07, 6.45) is 1.17. The van der Waals surface area contributed by atoms with Crippen molar-refractivity contribution < 1.29 is 13.2 Å². The minimum absolute atomic E-state index is 0.0557. The molecule has 0 amide bonds. The highest BCUT2D eigenvalue weighted by Crippen LogP contribution is 2.14. The lowest BCUT2D eigenvalue weighted by molar-refractivity contribution is 0.112. The first-order valence-electron chi connectivity index (χ1n) is 4.63. The molecule has 0 saturated carbocycles. The highest BCUT2D eigenvalue weighted by molar-refractivity contribution is 7.92. The number of carbonyl (C=O) groups excluding carboxylic acids is 1. The topological polar surface area (TPSA) is 63.2 Å². The van der Waals surface area contributed by atoms with Gasteiger partial charge in [-0.25, -0.2) is 8.42 Å². The molecule has 4 nitrogen and oxygen atoms in total. The molecule has 0 saturated heterocycles. The van der Waals surface area contributed by atoms with Crippen molar-refractivity contribution >= 4 is 22.0 Å². The molecule has 0 aliphatic rings. The summed E-state index contributed by atoms with van der Waals surface area (Å²) < 4.78 is 25.3. The van der Waals surface area contributed by atoms with Crippen molar-refractivity contribution in [2.45, 2.75) is 13.3 Å². The molecule has 0 radical (unpaired) electrons. The Bertz CT molecular complexity index is 440. The maximum atomic E-state index is 11.4. The molecule has 15 heavy (non-hydrogen) atoms. The van der Waals surface area contributed by atoms with Crippen molar-refractivity contribution in [1.29, 1.82) is 0 Å². The molecule has 0 aromatic heterocycles. The normalized spacial score (nSPS) is 11.0. The Morgan fingerprint density at radius 1 is 1.33 bits per heavy atom. The Morgan fingerprint density at radius 3 is 2.60 bits per heavy atom.